The van der Waals surface area contributed by atoms with Gasteiger partial charge in [0.2, 0.25) is 5.78 Å². The lowest BCUT2D eigenvalue weighted by atomic mass is 9.56. The molecule has 0 aromatic heterocycles. The van der Waals surface area contributed by atoms with Crippen molar-refractivity contribution < 1.29 is 39.5 Å². The molecule has 2 saturated carbocycles. The molecule has 1 aromatic rings. The molecule has 6 N–H and O–H groups in total. The van der Waals surface area contributed by atoms with Gasteiger partial charge in [0.05, 0.1) is 18.8 Å². The molecular weight excluding hydrogens is 442 g/mol. The first-order valence-corrected chi connectivity index (χ1v) is 11.5. The molecule has 1 amide bonds. The Kier molecular flexibility index (Phi) is 4.21. The molecule has 3 atom stereocenters. The normalized spacial score (nSPS) is 32.0. The molecule has 1 saturated heterocycles. The van der Waals surface area contributed by atoms with E-state index in [-0.39, 0.29) is 41.1 Å². The molecule has 1 aromatic carbocycles. The number of ketones is 2. The van der Waals surface area contributed by atoms with E-state index < -0.39 is 52.0 Å². The molecule has 0 radical (unpaired) electrons. The minimum absolute atomic E-state index is 0.110. The van der Waals surface area contributed by atoms with Gasteiger partial charge in [-0.2, -0.15) is 0 Å². The molecule has 0 bridgehead atoms. The van der Waals surface area contributed by atoms with Crippen molar-refractivity contribution in [3.8, 4) is 5.75 Å². The smallest absolute Gasteiger partial charge is 0.255 e. The molecule has 1 aliphatic heterocycles. The summed E-state index contributed by atoms with van der Waals surface area (Å²) in [4.78, 5) is 37.7. The summed E-state index contributed by atoms with van der Waals surface area (Å²) in [5, 5.41) is 43.7. The van der Waals surface area contributed by atoms with E-state index in [2.05, 4.69) is 0 Å². The first kappa shape index (κ1) is 21.4. The van der Waals surface area contributed by atoms with Gasteiger partial charge in [-0.05, 0) is 54.7 Å². The summed E-state index contributed by atoms with van der Waals surface area (Å²) < 4.78 is 5.37. The van der Waals surface area contributed by atoms with Crippen LogP contribution in [0.4, 0.5) is 0 Å². The number of hydrogen-bond acceptors (Lipinski definition) is 8. The Morgan fingerprint density at radius 2 is 1.76 bits per heavy atom. The van der Waals surface area contributed by atoms with E-state index in [1.165, 1.54) is 6.07 Å². The number of Topliss-reactive ketones (excluding diaryl/α,β-unsaturated/α-hetero) is 2. The maximum Gasteiger partial charge on any atom is 0.255 e. The topological polar surface area (TPSA) is 167 Å². The summed E-state index contributed by atoms with van der Waals surface area (Å²) in [5.74, 6) is -5.81. The number of carbonyl (C=O) groups is 3. The van der Waals surface area contributed by atoms with Gasteiger partial charge in [0.25, 0.3) is 5.91 Å². The summed E-state index contributed by atoms with van der Waals surface area (Å²) in [6, 6.07) is 3.36. The lowest BCUT2D eigenvalue weighted by molar-refractivity contribution is -0.164. The highest BCUT2D eigenvalue weighted by Gasteiger charge is 2.60. The second-order valence-electron chi connectivity index (χ2n) is 10.5. The Bertz CT molecular complexity index is 1250. The van der Waals surface area contributed by atoms with Gasteiger partial charge >= 0.3 is 0 Å². The minimum Gasteiger partial charge on any atom is -0.508 e. The van der Waals surface area contributed by atoms with E-state index in [1.807, 2.05) is 6.07 Å². The van der Waals surface area contributed by atoms with Gasteiger partial charge in [0, 0.05) is 23.3 Å². The van der Waals surface area contributed by atoms with Gasteiger partial charge in [0.15, 0.2) is 11.4 Å². The molecule has 9 nitrogen and oxygen atoms in total. The van der Waals surface area contributed by atoms with Crippen LogP contribution in [0.1, 0.15) is 48.3 Å². The molecule has 1 heterocycles. The van der Waals surface area contributed by atoms with Gasteiger partial charge in [-0.1, -0.05) is 6.07 Å². The Labute approximate surface area is 194 Å². The van der Waals surface area contributed by atoms with Crippen LogP contribution >= 0.6 is 0 Å². The fourth-order valence-corrected chi connectivity index (χ4v) is 6.86. The second-order valence-corrected chi connectivity index (χ2v) is 10.5. The Balaban J connectivity index is 1.46. The average molecular weight is 467 g/mol. The van der Waals surface area contributed by atoms with Crippen molar-refractivity contribution in [1.82, 2.24) is 0 Å². The van der Waals surface area contributed by atoms with Crippen molar-refractivity contribution in [2.45, 2.75) is 43.6 Å². The molecule has 3 fully saturated rings. The van der Waals surface area contributed by atoms with Crippen LogP contribution in [0.25, 0.3) is 5.76 Å². The number of rotatable bonds is 2. The van der Waals surface area contributed by atoms with Crippen LogP contribution in [-0.2, 0) is 25.5 Å². The second kappa shape index (κ2) is 6.70. The summed E-state index contributed by atoms with van der Waals surface area (Å²) >= 11 is 0. The van der Waals surface area contributed by atoms with Gasteiger partial charge in [-0.15, -0.1) is 0 Å². The number of amides is 1. The van der Waals surface area contributed by atoms with Crippen molar-refractivity contribution in [3.05, 3.63) is 45.7 Å². The number of ether oxygens (including phenoxy) is 1. The quantitative estimate of drug-likeness (QED) is 0.406. The van der Waals surface area contributed by atoms with Crippen LogP contribution in [0.5, 0.6) is 5.75 Å². The van der Waals surface area contributed by atoms with E-state index >= 15 is 0 Å². The number of aliphatic hydroxyl groups is 3. The number of primary amides is 1. The maximum absolute atomic E-state index is 13.5. The van der Waals surface area contributed by atoms with Crippen LogP contribution in [0.15, 0.2) is 29.0 Å². The zero-order chi connectivity index (χ0) is 24.2. The molecule has 4 aliphatic carbocycles. The van der Waals surface area contributed by atoms with Crippen LogP contribution < -0.4 is 5.73 Å². The Morgan fingerprint density at radius 1 is 1.06 bits per heavy atom. The highest BCUT2D eigenvalue weighted by molar-refractivity contribution is 6.22. The van der Waals surface area contributed by atoms with E-state index in [0.717, 1.165) is 37.2 Å². The van der Waals surface area contributed by atoms with Gasteiger partial charge in [-0.25, -0.2) is 0 Å². The van der Waals surface area contributed by atoms with Crippen molar-refractivity contribution >= 4 is 23.2 Å². The Hall–Kier alpha value is -3.17. The van der Waals surface area contributed by atoms with Crippen LogP contribution in [0.2, 0.25) is 0 Å². The first-order chi connectivity index (χ1) is 16.1. The third-order valence-corrected chi connectivity index (χ3v) is 8.60. The SMILES string of the molecule is NC(=O)C1=C(O)C2(O)C(=O)C3=C(O)c4c(O)ccc(C5CC6(COC6)C5)c4CC3CC2CC1=O. The van der Waals surface area contributed by atoms with E-state index in [4.69, 9.17) is 10.5 Å². The molecule has 9 heteroatoms. The van der Waals surface area contributed by atoms with Gasteiger partial charge < -0.3 is 30.9 Å². The number of aromatic hydroxyl groups is 1. The molecular formula is C25H25NO8. The zero-order valence-corrected chi connectivity index (χ0v) is 18.3. The highest BCUT2D eigenvalue weighted by atomic mass is 16.5. The first-order valence-electron chi connectivity index (χ1n) is 11.5. The monoisotopic (exact) mass is 467 g/mol. The third kappa shape index (κ3) is 2.54. The van der Waals surface area contributed by atoms with Crippen molar-refractivity contribution in [2.24, 2.45) is 23.0 Å². The number of aliphatic hydroxyl groups excluding tert-OH is 2. The highest BCUT2D eigenvalue weighted by Crippen LogP contribution is 2.58. The van der Waals surface area contributed by atoms with E-state index in [0.29, 0.717) is 6.42 Å². The van der Waals surface area contributed by atoms with Crippen LogP contribution in [-0.4, -0.2) is 56.7 Å². The molecule has 5 aliphatic rings. The maximum atomic E-state index is 13.5. The average Bonchev–Trinajstić information content (AvgIpc) is 2.69. The van der Waals surface area contributed by atoms with Gasteiger partial charge in [0.1, 0.15) is 22.8 Å². The lowest BCUT2D eigenvalue weighted by Gasteiger charge is -2.54. The van der Waals surface area contributed by atoms with E-state index in [1.54, 1.807) is 0 Å². The van der Waals surface area contributed by atoms with E-state index in [9.17, 15) is 34.8 Å². The Morgan fingerprint density at radius 3 is 2.38 bits per heavy atom. The zero-order valence-electron chi connectivity index (χ0n) is 18.3. The summed E-state index contributed by atoms with van der Waals surface area (Å²) in [6.45, 7) is 1.49. The predicted molar refractivity (Wildman–Crippen MR) is 117 cm³/mol. The largest absolute Gasteiger partial charge is 0.508 e. The fraction of sp³-hybridized carbons (Fsp3) is 0.480. The molecule has 34 heavy (non-hydrogen) atoms. The summed E-state index contributed by atoms with van der Waals surface area (Å²) in [7, 11) is 0. The number of nitrogens with two attached hydrogens (primary N) is 1. The number of phenolic OH excluding ortho intramolecular Hbond substituents is 1. The van der Waals surface area contributed by atoms with Crippen molar-refractivity contribution in [3.63, 3.8) is 0 Å². The van der Waals surface area contributed by atoms with Crippen molar-refractivity contribution in [2.75, 3.05) is 13.2 Å². The number of carbonyl (C=O) groups excluding carboxylic acids is 3. The number of phenols is 1. The third-order valence-electron chi connectivity index (χ3n) is 8.60. The summed E-state index contributed by atoms with van der Waals surface area (Å²) in [6.07, 6.45) is 2.08. The standard InChI is InChI=1S/C25H25NO8/c26-23(32)19-16(28)5-12-3-10-4-14-13(11-6-24(7-11)8-34-9-24)1-2-15(27)18(14)20(29)17(10)21(30)25(12,33)22(19)31/h1-2,10-12,27,29,31,33H,3-9H2,(H2,26,32). The van der Waals surface area contributed by atoms with Gasteiger partial charge in [-0.3, -0.25) is 14.4 Å². The van der Waals surface area contributed by atoms with Crippen LogP contribution in [0.3, 0.4) is 0 Å². The van der Waals surface area contributed by atoms with Crippen molar-refractivity contribution in [1.29, 1.82) is 0 Å². The fourth-order valence-electron chi connectivity index (χ4n) is 6.86. The summed E-state index contributed by atoms with van der Waals surface area (Å²) in [5.41, 5.74) is 3.94. The molecule has 6 rings (SSSR count). The number of fused-ring (bicyclic) bond motifs is 3. The molecule has 3 unspecified atom stereocenters. The number of benzene rings is 1. The molecule has 1 spiro atoms. The van der Waals surface area contributed by atoms with Crippen LogP contribution in [0, 0.1) is 17.3 Å². The number of hydrogen-bond donors (Lipinski definition) is 5. The molecule has 178 valence electrons. The minimum atomic E-state index is -2.53. The predicted octanol–water partition coefficient (Wildman–Crippen LogP) is 1.32. The lowest BCUT2D eigenvalue weighted by Crippen LogP contribution is -2.58.